The van der Waals surface area contributed by atoms with Gasteiger partial charge in [-0.15, -0.1) is 0 Å². The van der Waals surface area contributed by atoms with Crippen molar-refractivity contribution >= 4 is 16.9 Å². The minimum Gasteiger partial charge on any atom is -0.346 e. The molecule has 2 aromatic heterocycles. The van der Waals surface area contributed by atoms with Crippen LogP contribution >= 0.6 is 0 Å². The predicted octanol–water partition coefficient (Wildman–Crippen LogP) is 4.02. The van der Waals surface area contributed by atoms with Crippen LogP contribution in [0.1, 0.15) is 5.56 Å². The van der Waals surface area contributed by atoms with Gasteiger partial charge in [-0.3, -0.25) is 10.1 Å². The molecule has 0 saturated carbocycles. The minimum atomic E-state index is 0.706. The van der Waals surface area contributed by atoms with Crippen LogP contribution in [0, 0.1) is 13.5 Å². The van der Waals surface area contributed by atoms with Gasteiger partial charge in [0.1, 0.15) is 5.82 Å². The van der Waals surface area contributed by atoms with Crippen LogP contribution < -0.4 is 4.90 Å². The highest BCUT2D eigenvalue weighted by molar-refractivity contribution is 5.82. The third kappa shape index (κ3) is 3.21. The van der Waals surface area contributed by atoms with Gasteiger partial charge in [0.05, 0.1) is 30.0 Å². The van der Waals surface area contributed by atoms with E-state index in [1.165, 1.54) is 5.56 Å². The summed E-state index contributed by atoms with van der Waals surface area (Å²) < 4.78 is 0. The fourth-order valence-electron chi connectivity index (χ4n) is 2.75. The zero-order chi connectivity index (χ0) is 17.1. The molecule has 122 valence electrons. The first-order valence-electron chi connectivity index (χ1n) is 8.02. The Labute approximate surface area is 146 Å². The van der Waals surface area contributed by atoms with Gasteiger partial charge in [-0.05, 0) is 30.2 Å². The fourth-order valence-corrected chi connectivity index (χ4v) is 2.75. The molecule has 0 atom stereocenters. The van der Waals surface area contributed by atoms with E-state index in [0.29, 0.717) is 6.54 Å². The number of nitrogens with zero attached hydrogens (tertiary/aromatic N) is 4. The molecule has 0 saturated heterocycles. The highest BCUT2D eigenvalue weighted by atomic mass is 15.2. The lowest BCUT2D eigenvalue weighted by Crippen LogP contribution is -2.19. The van der Waals surface area contributed by atoms with Gasteiger partial charge >= 0.3 is 0 Å². The highest BCUT2D eigenvalue weighted by Crippen LogP contribution is 2.24. The summed E-state index contributed by atoms with van der Waals surface area (Å²) in [4.78, 5) is 11.3. The van der Waals surface area contributed by atoms with Crippen molar-refractivity contribution in [3.8, 4) is 11.1 Å². The van der Waals surface area contributed by atoms with E-state index in [9.17, 15) is 0 Å². The predicted molar refractivity (Wildman–Crippen MR) is 99.4 cm³/mol. The zero-order valence-electron chi connectivity index (χ0n) is 13.6. The fraction of sp³-hybridized carbons (Fsp3) is 0.0500. The van der Waals surface area contributed by atoms with E-state index in [0.717, 1.165) is 28.0 Å². The molecular formula is C20H17N5. The van der Waals surface area contributed by atoms with Crippen LogP contribution in [-0.4, -0.2) is 20.2 Å². The van der Waals surface area contributed by atoms with E-state index in [-0.39, 0.29) is 0 Å². The molecule has 0 spiro atoms. The van der Waals surface area contributed by atoms with E-state index < -0.39 is 0 Å². The second-order valence-electron chi connectivity index (χ2n) is 5.71. The lowest BCUT2D eigenvalue weighted by molar-refractivity contribution is 0.903. The number of hydrogen-bond acceptors (Lipinski definition) is 4. The standard InChI is InChI=1S/C20H17N5/c1-2-25(14-15-6-4-3-5-7-15)20-13-21-19-10-16(8-9-18(19)24-20)17-11-22-23-12-17/h2-13H,1,14H2,(H,22,23). The van der Waals surface area contributed by atoms with Crippen molar-refractivity contribution in [2.24, 2.45) is 0 Å². The molecule has 0 bridgehead atoms. The maximum Gasteiger partial charge on any atom is 0.148 e. The van der Waals surface area contributed by atoms with Gasteiger partial charge in [0.15, 0.2) is 0 Å². The number of aromatic amines is 1. The molecule has 0 unspecified atom stereocenters. The summed E-state index contributed by atoms with van der Waals surface area (Å²) in [7, 11) is 0. The van der Waals surface area contributed by atoms with Crippen LogP contribution in [0.15, 0.2) is 67.1 Å². The van der Waals surface area contributed by atoms with Crippen molar-refractivity contribution in [2.45, 2.75) is 6.54 Å². The van der Waals surface area contributed by atoms with Gasteiger partial charge < -0.3 is 4.90 Å². The Morgan fingerprint density at radius 1 is 1.00 bits per heavy atom. The maximum absolute atomic E-state index is 4.73. The highest BCUT2D eigenvalue weighted by Gasteiger charge is 2.10. The monoisotopic (exact) mass is 327 g/mol. The summed E-state index contributed by atoms with van der Waals surface area (Å²) in [6, 6.07) is 16.3. The average Bonchev–Trinajstić information content (AvgIpc) is 3.21. The largest absolute Gasteiger partial charge is 0.346 e. The lowest BCUT2D eigenvalue weighted by atomic mass is 10.1. The minimum absolute atomic E-state index is 0.706. The molecule has 0 amide bonds. The number of anilines is 1. The van der Waals surface area contributed by atoms with Gasteiger partial charge in [-0.1, -0.05) is 36.4 Å². The van der Waals surface area contributed by atoms with Crippen LogP contribution in [-0.2, 0) is 6.54 Å². The Bertz CT molecular complexity index is 964. The Balaban J connectivity index is 1.65. The summed E-state index contributed by atoms with van der Waals surface area (Å²) in [5.41, 5.74) is 4.99. The van der Waals surface area contributed by atoms with Crippen molar-refractivity contribution in [1.29, 1.82) is 0 Å². The molecule has 4 aromatic rings. The Morgan fingerprint density at radius 3 is 2.64 bits per heavy atom. The molecule has 4 rings (SSSR count). The molecule has 1 N–H and O–H groups in total. The van der Waals surface area contributed by atoms with Crippen molar-refractivity contribution in [3.63, 3.8) is 0 Å². The van der Waals surface area contributed by atoms with Crippen molar-refractivity contribution in [2.75, 3.05) is 4.90 Å². The molecule has 0 aliphatic rings. The summed E-state index contributed by atoms with van der Waals surface area (Å²) in [6.07, 6.45) is 5.44. The third-order valence-electron chi connectivity index (χ3n) is 4.07. The number of rotatable bonds is 5. The van der Waals surface area contributed by atoms with Crippen molar-refractivity contribution in [1.82, 2.24) is 20.2 Å². The van der Waals surface area contributed by atoms with E-state index in [1.54, 1.807) is 18.9 Å². The molecule has 2 heterocycles. The summed E-state index contributed by atoms with van der Waals surface area (Å²) in [5.74, 6) is 0.780. The van der Waals surface area contributed by atoms with Gasteiger partial charge in [0.25, 0.3) is 0 Å². The molecule has 0 aliphatic carbocycles. The van der Waals surface area contributed by atoms with Crippen LogP contribution in [0.3, 0.4) is 0 Å². The number of H-pyrrole nitrogens is 1. The first-order valence-corrected chi connectivity index (χ1v) is 8.02. The maximum atomic E-state index is 4.73. The summed E-state index contributed by atoms with van der Waals surface area (Å²) in [6.45, 7) is 6.40. The number of nitrogens with one attached hydrogen (secondary N) is 1. The number of benzene rings is 2. The average molecular weight is 327 g/mol. The van der Waals surface area contributed by atoms with E-state index in [2.05, 4.69) is 34.2 Å². The summed E-state index contributed by atoms with van der Waals surface area (Å²) >= 11 is 0. The topological polar surface area (TPSA) is 57.7 Å². The Morgan fingerprint density at radius 2 is 1.88 bits per heavy atom. The van der Waals surface area contributed by atoms with Gasteiger partial charge in [0.2, 0.25) is 0 Å². The molecular weight excluding hydrogens is 310 g/mol. The van der Waals surface area contributed by atoms with Gasteiger partial charge in [-0.25, -0.2) is 4.98 Å². The molecule has 5 heteroatoms. The quantitative estimate of drug-likeness (QED) is 0.601. The van der Waals surface area contributed by atoms with E-state index in [1.807, 2.05) is 47.5 Å². The number of fused-ring (bicyclic) bond motifs is 1. The SMILES string of the molecule is [CH2][CH]N(Cc1ccccc1)c1cnc2cc(-c3cn[nH]c3)ccc2n1. The van der Waals surface area contributed by atoms with Crippen LogP contribution in [0.5, 0.6) is 0 Å². The number of hydrogen-bond donors (Lipinski definition) is 1. The molecule has 2 radical (unpaired) electrons. The lowest BCUT2D eigenvalue weighted by Gasteiger charge is -2.21. The first kappa shape index (κ1) is 15.3. The van der Waals surface area contributed by atoms with Gasteiger partial charge in [-0.2, -0.15) is 5.10 Å². The smallest absolute Gasteiger partial charge is 0.148 e. The normalized spacial score (nSPS) is 10.9. The number of aromatic nitrogens is 4. The van der Waals surface area contributed by atoms with Gasteiger partial charge in [0, 0.05) is 18.3 Å². The summed E-state index contributed by atoms with van der Waals surface area (Å²) in [5, 5.41) is 6.82. The van der Waals surface area contributed by atoms with Crippen molar-refractivity contribution in [3.05, 3.63) is 86.2 Å². The Hall–Kier alpha value is -3.21. The zero-order valence-corrected chi connectivity index (χ0v) is 13.6. The molecule has 0 fully saturated rings. The van der Waals surface area contributed by atoms with Crippen LogP contribution in [0.2, 0.25) is 0 Å². The first-order chi connectivity index (χ1) is 12.3. The Kier molecular flexibility index (Phi) is 4.12. The van der Waals surface area contributed by atoms with Crippen LogP contribution in [0.25, 0.3) is 22.2 Å². The van der Waals surface area contributed by atoms with E-state index >= 15 is 0 Å². The molecule has 5 nitrogen and oxygen atoms in total. The molecule has 0 aliphatic heterocycles. The van der Waals surface area contributed by atoms with Crippen LogP contribution in [0.4, 0.5) is 5.82 Å². The van der Waals surface area contributed by atoms with Crippen molar-refractivity contribution < 1.29 is 0 Å². The third-order valence-corrected chi connectivity index (χ3v) is 4.07. The van der Waals surface area contributed by atoms with E-state index in [4.69, 9.17) is 4.98 Å². The molecule has 25 heavy (non-hydrogen) atoms. The second-order valence-corrected chi connectivity index (χ2v) is 5.71. The molecule has 2 aromatic carbocycles. The second kappa shape index (κ2) is 6.73.